The molecular weight excluding hydrogens is 526 g/mol. The van der Waals surface area contributed by atoms with Crippen molar-refractivity contribution in [1.82, 2.24) is 20.2 Å². The fraction of sp³-hybridized carbons (Fsp3) is 0.185. The molecule has 11 heteroatoms. The fourth-order valence-corrected chi connectivity index (χ4v) is 4.71. The standard InChI is InChI=1S/C27H26ClN5O4S/c1-17(20-12-8-9-13-21(20)28)29-30-24(34)16-38-27-32-31-26(33(27)19-10-6-5-7-11-19)18-14-22(35-2)25(37-4)23(15-18)36-3/h5-15H,16H2,1-4H3,(H,30,34). The number of thioether (sulfide) groups is 1. The second-order valence-corrected chi connectivity index (χ2v) is 9.24. The largest absolute Gasteiger partial charge is 0.493 e. The number of carbonyl (C=O) groups is 1. The third-order valence-corrected chi connectivity index (χ3v) is 6.77. The molecule has 4 aromatic rings. The van der Waals surface area contributed by atoms with E-state index in [0.717, 1.165) is 11.3 Å². The fourth-order valence-electron chi connectivity index (χ4n) is 3.69. The van der Waals surface area contributed by atoms with Crippen molar-refractivity contribution in [3.8, 4) is 34.3 Å². The number of nitrogens with one attached hydrogen (secondary N) is 1. The van der Waals surface area contributed by atoms with Gasteiger partial charge in [0, 0.05) is 21.8 Å². The summed E-state index contributed by atoms with van der Waals surface area (Å²) in [4.78, 5) is 12.6. The molecule has 0 bridgehead atoms. The van der Waals surface area contributed by atoms with Gasteiger partial charge in [-0.3, -0.25) is 9.36 Å². The molecule has 0 aliphatic heterocycles. The van der Waals surface area contributed by atoms with Crippen LogP contribution in [0.4, 0.5) is 0 Å². The zero-order valence-electron chi connectivity index (χ0n) is 21.3. The zero-order chi connectivity index (χ0) is 27.1. The maximum Gasteiger partial charge on any atom is 0.250 e. The summed E-state index contributed by atoms with van der Waals surface area (Å²) in [6.07, 6.45) is 0. The molecule has 1 aromatic heterocycles. The summed E-state index contributed by atoms with van der Waals surface area (Å²) in [5.74, 6) is 1.78. The highest BCUT2D eigenvalue weighted by atomic mass is 35.5. The lowest BCUT2D eigenvalue weighted by molar-refractivity contribution is -0.118. The van der Waals surface area contributed by atoms with Gasteiger partial charge in [-0.05, 0) is 37.3 Å². The highest BCUT2D eigenvalue weighted by molar-refractivity contribution is 7.99. The van der Waals surface area contributed by atoms with E-state index in [9.17, 15) is 4.79 Å². The summed E-state index contributed by atoms with van der Waals surface area (Å²) in [5.41, 5.74) is 5.47. The van der Waals surface area contributed by atoms with E-state index in [1.54, 1.807) is 46.5 Å². The molecule has 196 valence electrons. The van der Waals surface area contributed by atoms with Crippen molar-refractivity contribution in [2.45, 2.75) is 12.1 Å². The number of hydrazone groups is 1. The van der Waals surface area contributed by atoms with E-state index in [1.165, 1.54) is 11.8 Å². The monoisotopic (exact) mass is 551 g/mol. The Kier molecular flexibility index (Phi) is 8.88. The van der Waals surface area contributed by atoms with Gasteiger partial charge in [0.2, 0.25) is 5.75 Å². The Morgan fingerprint density at radius 1 is 0.974 bits per heavy atom. The van der Waals surface area contributed by atoms with Gasteiger partial charge >= 0.3 is 0 Å². The van der Waals surface area contributed by atoms with Crippen LogP contribution < -0.4 is 19.6 Å². The van der Waals surface area contributed by atoms with E-state index in [2.05, 4.69) is 20.7 Å². The maximum absolute atomic E-state index is 12.6. The Morgan fingerprint density at radius 3 is 2.26 bits per heavy atom. The summed E-state index contributed by atoms with van der Waals surface area (Å²) in [5, 5.41) is 14.1. The number of methoxy groups -OCH3 is 3. The van der Waals surface area contributed by atoms with Crippen molar-refractivity contribution < 1.29 is 19.0 Å². The van der Waals surface area contributed by atoms with Gasteiger partial charge in [0.05, 0.1) is 32.8 Å². The summed E-state index contributed by atoms with van der Waals surface area (Å²) in [6.45, 7) is 1.78. The van der Waals surface area contributed by atoms with Crippen LogP contribution in [0.5, 0.6) is 17.2 Å². The van der Waals surface area contributed by atoms with Crippen molar-refractivity contribution in [3.05, 3.63) is 77.3 Å². The van der Waals surface area contributed by atoms with Crippen LogP contribution in [-0.2, 0) is 4.79 Å². The molecule has 1 heterocycles. The van der Waals surface area contributed by atoms with Crippen LogP contribution in [0, 0.1) is 0 Å². The van der Waals surface area contributed by atoms with Crippen LogP contribution in [0.25, 0.3) is 17.1 Å². The van der Waals surface area contributed by atoms with Crippen LogP contribution in [0.3, 0.4) is 0 Å². The van der Waals surface area contributed by atoms with Crippen molar-refractivity contribution in [1.29, 1.82) is 0 Å². The van der Waals surface area contributed by atoms with Gasteiger partial charge in [-0.2, -0.15) is 5.10 Å². The summed E-state index contributed by atoms with van der Waals surface area (Å²) in [7, 11) is 4.66. The van der Waals surface area contributed by atoms with Gasteiger partial charge in [-0.25, -0.2) is 5.43 Å². The van der Waals surface area contributed by atoms with Gasteiger partial charge in [0.1, 0.15) is 0 Å². The number of aromatic nitrogens is 3. The first kappa shape index (κ1) is 27.0. The molecule has 0 spiro atoms. The van der Waals surface area contributed by atoms with Crippen LogP contribution in [0.1, 0.15) is 12.5 Å². The number of hydrogen-bond donors (Lipinski definition) is 1. The molecule has 1 N–H and O–H groups in total. The minimum atomic E-state index is -0.293. The molecule has 0 saturated heterocycles. The summed E-state index contributed by atoms with van der Waals surface area (Å²) in [6, 6.07) is 20.6. The highest BCUT2D eigenvalue weighted by Gasteiger charge is 2.21. The molecular formula is C27H26ClN5O4S. The first-order chi connectivity index (χ1) is 18.5. The van der Waals surface area contributed by atoms with Crippen molar-refractivity contribution in [3.63, 3.8) is 0 Å². The zero-order valence-corrected chi connectivity index (χ0v) is 22.8. The number of nitrogens with zero attached hydrogens (tertiary/aromatic N) is 4. The molecule has 3 aromatic carbocycles. The van der Waals surface area contributed by atoms with E-state index in [0.29, 0.717) is 44.5 Å². The molecule has 38 heavy (non-hydrogen) atoms. The predicted octanol–water partition coefficient (Wildman–Crippen LogP) is 5.25. The number of benzene rings is 3. The lowest BCUT2D eigenvalue weighted by Crippen LogP contribution is -2.21. The molecule has 0 radical (unpaired) electrons. The van der Waals surface area contributed by atoms with Crippen molar-refractivity contribution >= 4 is 35.0 Å². The number of carbonyl (C=O) groups excluding carboxylic acids is 1. The quantitative estimate of drug-likeness (QED) is 0.163. The van der Waals surface area contributed by atoms with E-state index in [-0.39, 0.29) is 11.7 Å². The predicted molar refractivity (Wildman–Crippen MR) is 149 cm³/mol. The summed E-state index contributed by atoms with van der Waals surface area (Å²) < 4.78 is 18.4. The van der Waals surface area contributed by atoms with Gasteiger partial charge in [-0.15, -0.1) is 10.2 Å². The molecule has 0 aliphatic rings. The minimum Gasteiger partial charge on any atom is -0.493 e. The SMILES string of the molecule is COc1cc(-c2nnc(SCC(=O)NN=C(C)c3ccccc3Cl)n2-c2ccccc2)cc(OC)c1OC. The molecule has 0 atom stereocenters. The Bertz CT molecular complexity index is 1430. The van der Waals surface area contributed by atoms with E-state index >= 15 is 0 Å². The van der Waals surface area contributed by atoms with Crippen molar-refractivity contribution in [2.75, 3.05) is 27.1 Å². The number of halogens is 1. The Balaban J connectivity index is 1.61. The average Bonchev–Trinajstić information content (AvgIpc) is 3.38. The number of ether oxygens (including phenoxy) is 3. The van der Waals surface area contributed by atoms with Crippen LogP contribution in [-0.4, -0.2) is 53.5 Å². The number of rotatable bonds is 10. The van der Waals surface area contributed by atoms with Gasteiger partial charge < -0.3 is 14.2 Å². The second kappa shape index (κ2) is 12.5. The molecule has 1 amide bonds. The van der Waals surface area contributed by atoms with Crippen molar-refractivity contribution in [2.24, 2.45) is 5.10 Å². The molecule has 0 aliphatic carbocycles. The van der Waals surface area contributed by atoms with Gasteiger partial charge in [-0.1, -0.05) is 59.8 Å². The van der Waals surface area contributed by atoms with Crippen LogP contribution in [0.2, 0.25) is 5.02 Å². The molecule has 0 fully saturated rings. The van der Waals surface area contributed by atoms with E-state index in [1.807, 2.05) is 53.1 Å². The number of amides is 1. The third kappa shape index (κ3) is 5.92. The van der Waals surface area contributed by atoms with Crippen LogP contribution in [0.15, 0.2) is 77.0 Å². The second-order valence-electron chi connectivity index (χ2n) is 7.89. The number of para-hydroxylation sites is 1. The minimum absolute atomic E-state index is 0.0690. The van der Waals surface area contributed by atoms with Gasteiger partial charge in [0.25, 0.3) is 5.91 Å². The average molecular weight is 552 g/mol. The first-order valence-electron chi connectivity index (χ1n) is 11.5. The Labute approximate surface area is 229 Å². The summed E-state index contributed by atoms with van der Waals surface area (Å²) >= 11 is 7.46. The molecule has 0 saturated carbocycles. The smallest absolute Gasteiger partial charge is 0.250 e. The normalized spacial score (nSPS) is 11.2. The molecule has 0 unspecified atom stereocenters. The highest BCUT2D eigenvalue weighted by Crippen LogP contribution is 2.41. The van der Waals surface area contributed by atoms with Gasteiger partial charge in [0.15, 0.2) is 22.5 Å². The first-order valence-corrected chi connectivity index (χ1v) is 12.8. The van der Waals surface area contributed by atoms with E-state index < -0.39 is 0 Å². The molecule has 9 nitrogen and oxygen atoms in total. The Hall–Kier alpha value is -4.02. The van der Waals surface area contributed by atoms with E-state index in [4.69, 9.17) is 25.8 Å². The number of hydrogen-bond acceptors (Lipinski definition) is 8. The Morgan fingerprint density at radius 2 is 1.63 bits per heavy atom. The van der Waals surface area contributed by atoms with Crippen LogP contribution >= 0.6 is 23.4 Å². The topological polar surface area (TPSA) is 99.9 Å². The third-order valence-electron chi connectivity index (χ3n) is 5.51. The lowest BCUT2D eigenvalue weighted by Gasteiger charge is -2.15. The molecule has 4 rings (SSSR count). The lowest BCUT2D eigenvalue weighted by atomic mass is 10.1. The maximum atomic E-state index is 12.6.